The number of hydrogen-bond acceptors (Lipinski definition) is 3. The molecule has 0 spiro atoms. The Hall–Kier alpha value is -3.12. The van der Waals surface area contributed by atoms with Crippen LogP contribution in [0.3, 0.4) is 0 Å². The van der Waals surface area contributed by atoms with Crippen molar-refractivity contribution >= 4 is 28.4 Å². The zero-order valence-corrected chi connectivity index (χ0v) is 14.4. The van der Waals surface area contributed by atoms with E-state index >= 15 is 0 Å². The Bertz CT molecular complexity index is 1000. The summed E-state index contributed by atoms with van der Waals surface area (Å²) in [5.74, 6) is -0.0888. The zero-order valence-electron chi connectivity index (χ0n) is 14.4. The average Bonchev–Trinajstić information content (AvgIpc) is 3.05. The minimum atomic E-state index is -0.185. The number of carbonyl (C=O) groups excluding carboxylic acids is 2. The van der Waals surface area contributed by atoms with Crippen molar-refractivity contribution in [2.24, 2.45) is 5.73 Å². The monoisotopic (exact) mass is 348 g/mol. The molecule has 0 saturated heterocycles. The van der Waals surface area contributed by atoms with E-state index < -0.39 is 0 Å². The van der Waals surface area contributed by atoms with Gasteiger partial charge >= 0.3 is 0 Å². The van der Waals surface area contributed by atoms with Crippen LogP contribution in [-0.2, 0) is 6.54 Å². The normalized spacial score (nSPS) is 16.2. The minimum absolute atomic E-state index is 0.0969. The average molecular weight is 348 g/mol. The smallest absolute Gasteiger partial charge is 0.268 e. The zero-order chi connectivity index (χ0) is 18.3. The van der Waals surface area contributed by atoms with Gasteiger partial charge in [0.15, 0.2) is 0 Å². The van der Waals surface area contributed by atoms with Crippen molar-refractivity contribution in [3.8, 4) is 0 Å². The highest BCUT2D eigenvalue weighted by Crippen LogP contribution is 2.32. The van der Waals surface area contributed by atoms with Gasteiger partial charge in [0.05, 0.1) is 0 Å². The predicted octanol–water partition coefficient (Wildman–Crippen LogP) is 2.73. The molecular formula is C20H20N4O2. The summed E-state index contributed by atoms with van der Waals surface area (Å²) in [7, 11) is 0. The van der Waals surface area contributed by atoms with E-state index in [4.69, 9.17) is 5.73 Å². The van der Waals surface area contributed by atoms with Gasteiger partial charge in [-0.2, -0.15) is 0 Å². The number of nitrogens with one attached hydrogen (secondary N) is 3. The number of aromatic nitrogens is 1. The molecule has 1 aromatic heterocycles. The van der Waals surface area contributed by atoms with Crippen LogP contribution in [0.2, 0.25) is 0 Å². The van der Waals surface area contributed by atoms with E-state index in [0.29, 0.717) is 24.3 Å². The van der Waals surface area contributed by atoms with Gasteiger partial charge in [-0.1, -0.05) is 19.1 Å². The van der Waals surface area contributed by atoms with Crippen molar-refractivity contribution in [2.75, 3.05) is 11.9 Å². The molecule has 3 aromatic rings. The maximum absolute atomic E-state index is 12.6. The highest BCUT2D eigenvalue weighted by molar-refractivity contribution is 6.08. The third kappa shape index (κ3) is 2.74. The Labute approximate surface area is 150 Å². The SMILES string of the molecule is CC1CNC(=O)c2[nH]c3ccc(C(=O)Nc4ccc(CN)cc4)cc3c21. The molecule has 1 atom stereocenters. The molecule has 0 bridgehead atoms. The van der Waals surface area contributed by atoms with Gasteiger partial charge in [0.1, 0.15) is 5.69 Å². The van der Waals surface area contributed by atoms with Crippen LogP contribution in [0.25, 0.3) is 10.9 Å². The van der Waals surface area contributed by atoms with Crippen LogP contribution in [0.15, 0.2) is 42.5 Å². The van der Waals surface area contributed by atoms with Gasteiger partial charge in [0, 0.05) is 41.2 Å². The van der Waals surface area contributed by atoms with E-state index in [1.807, 2.05) is 36.4 Å². The molecule has 0 aliphatic carbocycles. The summed E-state index contributed by atoms with van der Waals surface area (Å²) in [6.07, 6.45) is 0. The first kappa shape index (κ1) is 16.4. The van der Waals surface area contributed by atoms with E-state index in [0.717, 1.165) is 27.7 Å². The quantitative estimate of drug-likeness (QED) is 0.585. The molecule has 2 amide bonds. The van der Waals surface area contributed by atoms with E-state index in [-0.39, 0.29) is 17.7 Å². The number of H-pyrrole nitrogens is 1. The highest BCUT2D eigenvalue weighted by Gasteiger charge is 2.27. The summed E-state index contributed by atoms with van der Waals surface area (Å²) in [5.41, 5.74) is 10.3. The topological polar surface area (TPSA) is 100 Å². The molecule has 132 valence electrons. The van der Waals surface area contributed by atoms with Gasteiger partial charge in [-0.25, -0.2) is 0 Å². The number of nitrogens with two attached hydrogens (primary N) is 1. The second-order valence-corrected chi connectivity index (χ2v) is 6.64. The van der Waals surface area contributed by atoms with Crippen LogP contribution >= 0.6 is 0 Å². The molecule has 0 fully saturated rings. The lowest BCUT2D eigenvalue weighted by Gasteiger charge is -2.19. The third-order valence-electron chi connectivity index (χ3n) is 4.84. The standard InChI is InChI=1S/C20H20N4O2/c1-11-10-22-20(26)18-17(11)15-8-13(4-7-16(15)24-18)19(25)23-14-5-2-12(9-21)3-6-14/h2-8,11,24H,9-10,21H2,1H3,(H,22,26)(H,23,25). The van der Waals surface area contributed by atoms with Crippen LogP contribution in [0.4, 0.5) is 5.69 Å². The predicted molar refractivity (Wildman–Crippen MR) is 101 cm³/mol. The van der Waals surface area contributed by atoms with Crippen molar-refractivity contribution in [1.29, 1.82) is 0 Å². The molecule has 6 heteroatoms. The summed E-state index contributed by atoms with van der Waals surface area (Å²) in [5, 5.41) is 6.69. The Morgan fingerprint density at radius 3 is 2.73 bits per heavy atom. The lowest BCUT2D eigenvalue weighted by Crippen LogP contribution is -2.33. The number of benzene rings is 2. The van der Waals surface area contributed by atoms with Crippen molar-refractivity contribution in [2.45, 2.75) is 19.4 Å². The number of aromatic amines is 1. The van der Waals surface area contributed by atoms with E-state index in [1.54, 1.807) is 6.07 Å². The molecule has 5 N–H and O–H groups in total. The molecule has 1 unspecified atom stereocenters. The van der Waals surface area contributed by atoms with Crippen LogP contribution in [0.1, 0.15) is 44.8 Å². The number of amides is 2. The van der Waals surface area contributed by atoms with Crippen molar-refractivity contribution < 1.29 is 9.59 Å². The molecule has 1 aliphatic heterocycles. The number of anilines is 1. The van der Waals surface area contributed by atoms with Crippen LogP contribution in [-0.4, -0.2) is 23.3 Å². The summed E-state index contributed by atoms with van der Waals surface area (Å²) in [6.45, 7) is 3.13. The van der Waals surface area contributed by atoms with E-state index in [9.17, 15) is 9.59 Å². The lowest BCUT2D eigenvalue weighted by molar-refractivity contribution is 0.0936. The van der Waals surface area contributed by atoms with E-state index in [1.165, 1.54) is 0 Å². The molecule has 2 aromatic carbocycles. The molecule has 1 aliphatic rings. The summed E-state index contributed by atoms with van der Waals surface area (Å²) < 4.78 is 0. The van der Waals surface area contributed by atoms with E-state index in [2.05, 4.69) is 22.5 Å². The first-order valence-electron chi connectivity index (χ1n) is 8.61. The fraction of sp³-hybridized carbons (Fsp3) is 0.200. The molecular weight excluding hydrogens is 328 g/mol. The number of carbonyl (C=O) groups is 2. The Morgan fingerprint density at radius 1 is 1.23 bits per heavy atom. The summed E-state index contributed by atoms with van der Waals surface area (Å²) >= 11 is 0. The third-order valence-corrected chi connectivity index (χ3v) is 4.84. The molecule has 0 radical (unpaired) electrons. The van der Waals surface area contributed by atoms with Crippen molar-refractivity contribution in [3.63, 3.8) is 0 Å². The number of hydrogen-bond donors (Lipinski definition) is 4. The minimum Gasteiger partial charge on any atom is -0.350 e. The van der Waals surface area contributed by atoms with Gasteiger partial charge in [0.25, 0.3) is 11.8 Å². The first-order chi connectivity index (χ1) is 12.6. The molecule has 26 heavy (non-hydrogen) atoms. The van der Waals surface area contributed by atoms with Gasteiger partial charge < -0.3 is 21.4 Å². The van der Waals surface area contributed by atoms with Gasteiger partial charge in [-0.3, -0.25) is 9.59 Å². The second-order valence-electron chi connectivity index (χ2n) is 6.64. The number of rotatable bonds is 3. The Balaban J connectivity index is 1.67. The largest absolute Gasteiger partial charge is 0.350 e. The lowest BCUT2D eigenvalue weighted by atomic mass is 9.93. The van der Waals surface area contributed by atoms with Gasteiger partial charge in [-0.05, 0) is 41.5 Å². The van der Waals surface area contributed by atoms with Crippen molar-refractivity contribution in [3.05, 3.63) is 64.8 Å². The van der Waals surface area contributed by atoms with Crippen molar-refractivity contribution in [1.82, 2.24) is 10.3 Å². The Kier molecular flexibility index (Phi) is 3.97. The summed E-state index contributed by atoms with van der Waals surface area (Å²) in [4.78, 5) is 27.9. The van der Waals surface area contributed by atoms with Crippen LogP contribution < -0.4 is 16.4 Å². The molecule has 2 heterocycles. The first-order valence-corrected chi connectivity index (χ1v) is 8.61. The molecule has 6 nitrogen and oxygen atoms in total. The number of fused-ring (bicyclic) bond motifs is 3. The van der Waals surface area contributed by atoms with Gasteiger partial charge in [-0.15, -0.1) is 0 Å². The fourth-order valence-electron chi connectivity index (χ4n) is 3.41. The maximum Gasteiger partial charge on any atom is 0.268 e. The fourth-order valence-corrected chi connectivity index (χ4v) is 3.41. The second kappa shape index (κ2) is 6.31. The van der Waals surface area contributed by atoms with Crippen LogP contribution in [0.5, 0.6) is 0 Å². The Morgan fingerprint density at radius 2 is 2.00 bits per heavy atom. The highest BCUT2D eigenvalue weighted by atomic mass is 16.2. The van der Waals surface area contributed by atoms with Crippen LogP contribution in [0, 0.1) is 0 Å². The van der Waals surface area contributed by atoms with Gasteiger partial charge in [0.2, 0.25) is 0 Å². The summed E-state index contributed by atoms with van der Waals surface area (Å²) in [6, 6.07) is 12.9. The molecule has 4 rings (SSSR count). The maximum atomic E-state index is 12.6. The molecule has 0 saturated carbocycles.